The van der Waals surface area contributed by atoms with Gasteiger partial charge < -0.3 is 14.4 Å². The summed E-state index contributed by atoms with van der Waals surface area (Å²) in [5.74, 6) is 1.65. The molecule has 4 rings (SSSR count). The van der Waals surface area contributed by atoms with E-state index in [4.69, 9.17) is 9.47 Å². The fraction of sp³-hybridized carbons (Fsp3) is 0.292. The highest BCUT2D eigenvalue weighted by Gasteiger charge is 2.19. The van der Waals surface area contributed by atoms with Crippen molar-refractivity contribution in [1.82, 2.24) is 4.90 Å². The summed E-state index contributed by atoms with van der Waals surface area (Å²) in [6, 6.07) is 20.2. The molecule has 1 heterocycles. The zero-order chi connectivity index (χ0) is 20.2. The Labute approximate surface area is 171 Å². The molecule has 1 aliphatic rings. The number of amides is 1. The topological polar surface area (TPSA) is 42.0 Å². The monoisotopic (exact) mass is 390 g/mol. The summed E-state index contributed by atoms with van der Waals surface area (Å²) in [4.78, 5) is 17.0. The summed E-state index contributed by atoms with van der Waals surface area (Å²) < 4.78 is 11.2. The van der Waals surface area contributed by atoms with E-state index < -0.39 is 0 Å². The van der Waals surface area contributed by atoms with Crippen molar-refractivity contribution in [3.8, 4) is 11.5 Å². The molecule has 0 bridgehead atoms. The molecule has 0 unspecified atom stereocenters. The minimum absolute atomic E-state index is 0.0869. The third kappa shape index (κ3) is 4.20. The van der Waals surface area contributed by atoms with Crippen LogP contribution in [0.15, 0.2) is 60.7 Å². The molecule has 5 heteroatoms. The van der Waals surface area contributed by atoms with E-state index in [9.17, 15) is 4.79 Å². The van der Waals surface area contributed by atoms with Crippen molar-refractivity contribution in [2.45, 2.75) is 13.5 Å². The number of carbonyl (C=O) groups excluding carboxylic acids is 1. The lowest BCUT2D eigenvalue weighted by Crippen LogP contribution is -2.39. The van der Waals surface area contributed by atoms with Crippen LogP contribution in [0.4, 0.5) is 5.69 Å². The van der Waals surface area contributed by atoms with E-state index in [2.05, 4.69) is 18.2 Å². The van der Waals surface area contributed by atoms with E-state index in [0.717, 1.165) is 33.5 Å². The lowest BCUT2D eigenvalue weighted by atomic mass is 10.1. The Kier molecular flexibility index (Phi) is 5.67. The predicted octanol–water partition coefficient (Wildman–Crippen LogP) is 4.10. The number of rotatable bonds is 6. The molecule has 0 saturated carbocycles. The normalized spacial score (nSPS) is 12.9. The number of hydrogen-bond acceptors (Lipinski definition) is 4. The van der Waals surface area contributed by atoms with Crippen LogP contribution < -0.4 is 14.4 Å². The average molecular weight is 390 g/mol. The number of benzene rings is 3. The summed E-state index contributed by atoms with van der Waals surface area (Å²) in [6.07, 6.45) is 0. The smallest absolute Gasteiger partial charge is 0.241 e. The molecule has 3 aromatic carbocycles. The van der Waals surface area contributed by atoms with Gasteiger partial charge in [-0.2, -0.15) is 0 Å². The van der Waals surface area contributed by atoms with Crippen molar-refractivity contribution in [3.63, 3.8) is 0 Å². The maximum atomic E-state index is 13.1. The zero-order valence-electron chi connectivity index (χ0n) is 16.9. The summed E-state index contributed by atoms with van der Waals surface area (Å²) in [6.45, 7) is 4.80. The van der Waals surface area contributed by atoms with Gasteiger partial charge in [0.05, 0.1) is 12.2 Å². The fourth-order valence-corrected chi connectivity index (χ4v) is 3.79. The van der Waals surface area contributed by atoms with Crippen molar-refractivity contribution in [2.24, 2.45) is 0 Å². The van der Waals surface area contributed by atoms with Gasteiger partial charge >= 0.3 is 0 Å². The Hall–Kier alpha value is -3.05. The van der Waals surface area contributed by atoms with Crippen LogP contribution in [0.2, 0.25) is 0 Å². The van der Waals surface area contributed by atoms with Crippen molar-refractivity contribution in [1.29, 1.82) is 0 Å². The fourth-order valence-electron chi connectivity index (χ4n) is 3.79. The molecule has 0 aromatic heterocycles. The average Bonchev–Trinajstić information content (AvgIpc) is 2.74. The Morgan fingerprint density at radius 2 is 1.72 bits per heavy atom. The molecule has 0 spiro atoms. The molecule has 0 radical (unpaired) electrons. The lowest BCUT2D eigenvalue weighted by Gasteiger charge is -2.26. The first-order valence-corrected chi connectivity index (χ1v) is 10.0. The van der Waals surface area contributed by atoms with Gasteiger partial charge in [0.15, 0.2) is 11.5 Å². The molecule has 3 aromatic rings. The summed E-state index contributed by atoms with van der Waals surface area (Å²) in [5.41, 5.74) is 2.06. The first kappa shape index (κ1) is 19.3. The second-order valence-corrected chi connectivity index (χ2v) is 7.29. The van der Waals surface area contributed by atoms with Crippen LogP contribution in [0.25, 0.3) is 10.8 Å². The number of ether oxygens (including phenoxy) is 2. The molecule has 1 amide bonds. The van der Waals surface area contributed by atoms with Crippen LogP contribution in [0.1, 0.15) is 12.5 Å². The van der Waals surface area contributed by atoms with Gasteiger partial charge in [-0.1, -0.05) is 42.5 Å². The Balaban J connectivity index is 1.47. The van der Waals surface area contributed by atoms with Crippen LogP contribution in [-0.4, -0.2) is 44.2 Å². The third-order valence-corrected chi connectivity index (χ3v) is 5.14. The molecule has 150 valence electrons. The third-order valence-electron chi connectivity index (χ3n) is 5.14. The molecule has 1 aliphatic heterocycles. The quantitative estimate of drug-likeness (QED) is 0.636. The molecule has 0 N–H and O–H groups in total. The van der Waals surface area contributed by atoms with Crippen molar-refractivity contribution < 1.29 is 14.3 Å². The van der Waals surface area contributed by atoms with Gasteiger partial charge in [-0.3, -0.25) is 9.69 Å². The second-order valence-electron chi connectivity index (χ2n) is 7.29. The Bertz CT molecular complexity index is 1010. The number of hydrogen-bond donors (Lipinski definition) is 0. The molecule has 0 atom stereocenters. The number of fused-ring (bicyclic) bond motifs is 2. The van der Waals surface area contributed by atoms with E-state index >= 15 is 0 Å². The molecule has 5 nitrogen and oxygen atoms in total. The number of anilines is 1. The largest absolute Gasteiger partial charge is 0.486 e. The van der Waals surface area contributed by atoms with Gasteiger partial charge in [0, 0.05) is 18.5 Å². The van der Waals surface area contributed by atoms with Gasteiger partial charge in [0.25, 0.3) is 0 Å². The van der Waals surface area contributed by atoms with Gasteiger partial charge in [-0.05, 0) is 43.1 Å². The van der Waals surface area contributed by atoms with Crippen LogP contribution >= 0.6 is 0 Å². The van der Waals surface area contributed by atoms with Gasteiger partial charge in [-0.15, -0.1) is 0 Å². The van der Waals surface area contributed by atoms with Crippen molar-refractivity contribution >= 4 is 22.4 Å². The molecule has 29 heavy (non-hydrogen) atoms. The Morgan fingerprint density at radius 1 is 0.966 bits per heavy atom. The molecule has 0 fully saturated rings. The van der Waals surface area contributed by atoms with Crippen molar-refractivity contribution in [2.75, 3.05) is 38.3 Å². The summed E-state index contributed by atoms with van der Waals surface area (Å²) in [7, 11) is 1.96. The van der Waals surface area contributed by atoms with Crippen LogP contribution in [0, 0.1) is 0 Å². The van der Waals surface area contributed by atoms with E-state index in [-0.39, 0.29) is 5.91 Å². The first-order chi connectivity index (χ1) is 14.2. The highest BCUT2D eigenvalue weighted by Crippen LogP contribution is 2.31. The molecular formula is C24H26N2O3. The number of carbonyl (C=O) groups is 1. The van der Waals surface area contributed by atoms with Crippen LogP contribution in [-0.2, 0) is 11.3 Å². The highest BCUT2D eigenvalue weighted by atomic mass is 16.6. The summed E-state index contributed by atoms with van der Waals surface area (Å²) in [5, 5.41) is 2.24. The van der Waals surface area contributed by atoms with E-state index in [1.54, 1.807) is 0 Å². The highest BCUT2D eigenvalue weighted by molar-refractivity contribution is 6.04. The van der Waals surface area contributed by atoms with Gasteiger partial charge in [0.2, 0.25) is 5.91 Å². The van der Waals surface area contributed by atoms with Crippen molar-refractivity contribution in [3.05, 3.63) is 66.2 Å². The number of nitrogens with zero attached hydrogens (tertiary/aromatic N) is 2. The molecular weight excluding hydrogens is 364 g/mol. The van der Waals surface area contributed by atoms with E-state index in [1.807, 2.05) is 66.2 Å². The first-order valence-electron chi connectivity index (χ1n) is 10.0. The SMILES string of the molecule is CCN(C(=O)CN(C)Cc1ccc2c(c1)OCCO2)c1cccc2ccccc12. The standard InChI is InChI=1S/C24H26N2O3/c1-3-26(21-10-6-8-19-7-4-5-9-20(19)21)24(27)17-25(2)16-18-11-12-22-23(15-18)29-14-13-28-22/h4-12,15H,3,13-14,16-17H2,1-2H3. The Morgan fingerprint density at radius 3 is 2.55 bits per heavy atom. The zero-order valence-corrected chi connectivity index (χ0v) is 16.9. The second kappa shape index (κ2) is 8.53. The minimum Gasteiger partial charge on any atom is -0.486 e. The van der Waals surface area contributed by atoms with E-state index in [0.29, 0.717) is 32.8 Å². The van der Waals surface area contributed by atoms with Crippen LogP contribution in [0.5, 0.6) is 11.5 Å². The maximum Gasteiger partial charge on any atom is 0.241 e. The number of likely N-dealkylation sites (N-methyl/N-ethyl adjacent to an activating group) is 2. The minimum atomic E-state index is 0.0869. The molecule has 0 aliphatic carbocycles. The van der Waals surface area contributed by atoms with Gasteiger partial charge in [0.1, 0.15) is 13.2 Å². The van der Waals surface area contributed by atoms with Crippen LogP contribution in [0.3, 0.4) is 0 Å². The lowest BCUT2D eigenvalue weighted by molar-refractivity contribution is -0.119. The van der Waals surface area contributed by atoms with Gasteiger partial charge in [-0.25, -0.2) is 0 Å². The molecule has 0 saturated heterocycles. The van der Waals surface area contributed by atoms with E-state index in [1.165, 1.54) is 0 Å². The maximum absolute atomic E-state index is 13.1. The predicted molar refractivity (Wildman–Crippen MR) is 116 cm³/mol. The summed E-state index contributed by atoms with van der Waals surface area (Å²) >= 11 is 0.